The van der Waals surface area contributed by atoms with Crippen LogP contribution in [0.1, 0.15) is 43.7 Å². The monoisotopic (exact) mass is 493 g/mol. The van der Waals surface area contributed by atoms with Crippen LogP contribution in [0.5, 0.6) is 5.75 Å². The van der Waals surface area contributed by atoms with Gasteiger partial charge in [0.15, 0.2) is 5.17 Å². The first kappa shape index (κ1) is 25.0. The van der Waals surface area contributed by atoms with Gasteiger partial charge in [-0.2, -0.15) is 0 Å². The molecule has 0 radical (unpaired) electrons. The highest BCUT2D eigenvalue weighted by atomic mass is 32.2. The van der Waals surface area contributed by atoms with E-state index in [0.717, 1.165) is 25.0 Å². The van der Waals surface area contributed by atoms with Gasteiger partial charge in [-0.25, -0.2) is 4.99 Å². The van der Waals surface area contributed by atoms with Gasteiger partial charge in [0.2, 0.25) is 5.91 Å². The van der Waals surface area contributed by atoms with Gasteiger partial charge in [-0.1, -0.05) is 55.9 Å². The van der Waals surface area contributed by atoms with E-state index in [1.165, 1.54) is 22.2 Å². The maximum Gasteiger partial charge on any atom is 0.283 e. The summed E-state index contributed by atoms with van der Waals surface area (Å²) in [5, 5.41) is 3.38. The van der Waals surface area contributed by atoms with Crippen LogP contribution in [0.25, 0.3) is 6.08 Å². The molecule has 1 atom stereocenters. The van der Waals surface area contributed by atoms with Crippen LogP contribution in [-0.4, -0.2) is 49.1 Å². The van der Waals surface area contributed by atoms with Gasteiger partial charge in [0.05, 0.1) is 24.7 Å². The molecule has 7 nitrogen and oxygen atoms in total. The Kier molecular flexibility index (Phi) is 8.25. The smallest absolute Gasteiger partial charge is 0.283 e. The molecule has 4 rings (SSSR count). The topological polar surface area (TPSA) is 80.2 Å². The molecule has 184 valence electrons. The quantitative estimate of drug-likeness (QED) is 0.544. The van der Waals surface area contributed by atoms with Crippen molar-refractivity contribution in [1.29, 1.82) is 0 Å². The van der Waals surface area contributed by atoms with Crippen molar-refractivity contribution in [1.82, 2.24) is 5.32 Å². The number of carbonyl (C=O) groups is 2. The van der Waals surface area contributed by atoms with Gasteiger partial charge in [-0.05, 0) is 48.1 Å². The summed E-state index contributed by atoms with van der Waals surface area (Å²) in [4.78, 5) is 32.0. The number of amides is 2. The predicted molar refractivity (Wildman–Crippen MR) is 141 cm³/mol. The van der Waals surface area contributed by atoms with Crippen LogP contribution in [0.15, 0.2) is 59.2 Å². The van der Waals surface area contributed by atoms with Gasteiger partial charge in [0.1, 0.15) is 11.4 Å². The van der Waals surface area contributed by atoms with Crippen molar-refractivity contribution >= 4 is 40.5 Å². The number of amidine groups is 1. The summed E-state index contributed by atoms with van der Waals surface area (Å²) in [7, 11) is 1.58. The minimum absolute atomic E-state index is 0.0826. The van der Waals surface area contributed by atoms with Crippen LogP contribution in [0.4, 0.5) is 5.69 Å². The van der Waals surface area contributed by atoms with Crippen molar-refractivity contribution in [2.24, 2.45) is 4.99 Å². The number of nitrogens with one attached hydrogen (secondary N) is 1. The highest BCUT2D eigenvalue weighted by Gasteiger charge is 2.32. The average molecular weight is 494 g/mol. The first-order chi connectivity index (χ1) is 16.9. The lowest BCUT2D eigenvalue weighted by molar-refractivity contribution is -0.119. The standard InChI is InChI=1S/C27H31N3O4S/c1-18(2)20-11-9-19(10-12-20)14-24-26(32)30(21-6-4-7-22(15-21)33-3)27(29-24)35-17-25(31)28-16-23-8-5-13-34-23/h4,6-7,9-12,14-15,18,23H,5,8,13,16-17H2,1-3H3,(H,28,31)/b24-14+. The molecule has 1 saturated heterocycles. The van der Waals surface area contributed by atoms with Gasteiger partial charge >= 0.3 is 0 Å². The van der Waals surface area contributed by atoms with Crippen LogP contribution in [0, 0.1) is 0 Å². The van der Waals surface area contributed by atoms with E-state index in [-0.39, 0.29) is 23.7 Å². The molecule has 0 aliphatic carbocycles. The minimum atomic E-state index is -0.242. The number of thioether (sulfide) groups is 1. The van der Waals surface area contributed by atoms with Gasteiger partial charge in [-0.3, -0.25) is 14.5 Å². The number of anilines is 1. The summed E-state index contributed by atoms with van der Waals surface area (Å²) in [6.45, 7) is 5.54. The molecule has 0 spiro atoms. The van der Waals surface area contributed by atoms with Crippen molar-refractivity contribution in [3.05, 3.63) is 65.4 Å². The lowest BCUT2D eigenvalue weighted by Crippen LogP contribution is -2.35. The molecule has 2 amide bonds. The normalized spacial score (nSPS) is 18.9. The Morgan fingerprint density at radius 1 is 1.29 bits per heavy atom. The third-order valence-electron chi connectivity index (χ3n) is 5.93. The van der Waals surface area contributed by atoms with Gasteiger partial charge in [0.25, 0.3) is 5.91 Å². The molecule has 2 aliphatic heterocycles. The van der Waals surface area contributed by atoms with E-state index in [4.69, 9.17) is 9.47 Å². The average Bonchev–Trinajstić information content (AvgIpc) is 3.50. The van der Waals surface area contributed by atoms with Gasteiger partial charge < -0.3 is 14.8 Å². The Morgan fingerprint density at radius 3 is 2.77 bits per heavy atom. The van der Waals surface area contributed by atoms with Crippen LogP contribution in [0.2, 0.25) is 0 Å². The van der Waals surface area contributed by atoms with Gasteiger partial charge in [-0.15, -0.1) is 0 Å². The molecule has 0 saturated carbocycles. The number of rotatable bonds is 8. The Morgan fingerprint density at radius 2 is 2.09 bits per heavy atom. The number of ether oxygens (including phenoxy) is 2. The second kappa shape index (κ2) is 11.6. The van der Waals surface area contributed by atoms with Crippen LogP contribution in [0.3, 0.4) is 0 Å². The Balaban J connectivity index is 1.53. The van der Waals surface area contributed by atoms with Crippen molar-refractivity contribution in [3.8, 4) is 5.75 Å². The molecule has 1 N–H and O–H groups in total. The van der Waals surface area contributed by atoms with E-state index in [0.29, 0.717) is 34.8 Å². The molecule has 0 aromatic heterocycles. The summed E-state index contributed by atoms with van der Waals surface area (Å²) in [6, 6.07) is 15.4. The highest BCUT2D eigenvalue weighted by molar-refractivity contribution is 8.14. The maximum absolute atomic E-state index is 13.4. The lowest BCUT2D eigenvalue weighted by Gasteiger charge is -2.18. The molecule has 2 aliphatic rings. The first-order valence-corrected chi connectivity index (χ1v) is 12.8. The summed E-state index contributed by atoms with van der Waals surface area (Å²) < 4.78 is 10.9. The first-order valence-electron chi connectivity index (χ1n) is 11.8. The lowest BCUT2D eigenvalue weighted by atomic mass is 10.0. The van der Waals surface area contributed by atoms with Crippen LogP contribution in [-0.2, 0) is 14.3 Å². The van der Waals surface area contributed by atoms with Crippen molar-refractivity contribution < 1.29 is 19.1 Å². The van der Waals surface area contributed by atoms with E-state index >= 15 is 0 Å². The molecule has 8 heteroatoms. The van der Waals surface area contributed by atoms with Gasteiger partial charge in [0, 0.05) is 19.2 Å². The maximum atomic E-state index is 13.4. The summed E-state index contributed by atoms with van der Waals surface area (Å²) >= 11 is 1.24. The SMILES string of the molecule is COc1cccc(N2C(=O)/C(=C\c3ccc(C(C)C)cc3)N=C2SCC(=O)NCC2CCCO2)c1. The molecule has 35 heavy (non-hydrogen) atoms. The fourth-order valence-corrected chi connectivity index (χ4v) is 4.76. The molecular formula is C27H31N3O4S. The number of nitrogens with zero attached hydrogens (tertiary/aromatic N) is 2. The van der Waals surface area contributed by atoms with Crippen LogP contribution >= 0.6 is 11.8 Å². The minimum Gasteiger partial charge on any atom is -0.497 e. The number of aliphatic imine (C=N–C) groups is 1. The number of carbonyl (C=O) groups excluding carboxylic acids is 2. The fourth-order valence-electron chi connectivity index (χ4n) is 3.92. The number of methoxy groups -OCH3 is 1. The van der Waals surface area contributed by atoms with Crippen molar-refractivity contribution in [3.63, 3.8) is 0 Å². The second-order valence-corrected chi connectivity index (χ2v) is 9.76. The number of hydrogen-bond donors (Lipinski definition) is 1. The Bertz CT molecular complexity index is 1120. The zero-order valence-electron chi connectivity index (χ0n) is 20.3. The van der Waals surface area contributed by atoms with Crippen LogP contribution < -0.4 is 15.0 Å². The molecule has 2 aromatic rings. The van der Waals surface area contributed by atoms with E-state index in [1.54, 1.807) is 19.3 Å². The molecule has 2 heterocycles. The summed E-state index contributed by atoms with van der Waals surface area (Å²) in [5.41, 5.74) is 3.09. The third-order valence-corrected chi connectivity index (χ3v) is 6.87. The van der Waals surface area contributed by atoms with E-state index in [9.17, 15) is 9.59 Å². The number of benzene rings is 2. The van der Waals surface area contributed by atoms with E-state index < -0.39 is 0 Å². The highest BCUT2D eigenvalue weighted by Crippen LogP contribution is 2.31. The second-order valence-electron chi connectivity index (χ2n) is 8.82. The van der Waals surface area contributed by atoms with E-state index in [1.807, 2.05) is 30.3 Å². The Hall–Kier alpha value is -3.10. The predicted octanol–water partition coefficient (Wildman–Crippen LogP) is 4.59. The van der Waals surface area contributed by atoms with Crippen molar-refractivity contribution in [2.75, 3.05) is 30.9 Å². The zero-order chi connectivity index (χ0) is 24.8. The van der Waals surface area contributed by atoms with Crippen molar-refractivity contribution in [2.45, 2.75) is 38.7 Å². The fraction of sp³-hybridized carbons (Fsp3) is 0.370. The van der Waals surface area contributed by atoms with E-state index in [2.05, 4.69) is 36.3 Å². The molecule has 2 aromatic carbocycles. The largest absolute Gasteiger partial charge is 0.497 e. The number of hydrogen-bond acceptors (Lipinski definition) is 6. The summed E-state index contributed by atoms with van der Waals surface area (Å²) in [5.74, 6) is 0.855. The molecule has 0 bridgehead atoms. The zero-order valence-corrected chi connectivity index (χ0v) is 21.1. The molecule has 1 fully saturated rings. The summed E-state index contributed by atoms with van der Waals surface area (Å²) in [6.07, 6.45) is 3.85. The molecule has 1 unspecified atom stereocenters. The molecular weight excluding hydrogens is 462 g/mol. The Labute approximate surface area is 210 Å². The third kappa shape index (κ3) is 6.32.